The molecular formula is C30H33N3O5S. The molecule has 5 rings (SSSR count). The summed E-state index contributed by atoms with van der Waals surface area (Å²) in [6.45, 7) is 0.339. The molecule has 39 heavy (non-hydrogen) atoms. The van der Waals surface area contributed by atoms with Gasteiger partial charge < -0.3 is 9.47 Å². The van der Waals surface area contributed by atoms with Crippen LogP contribution in [0.3, 0.4) is 0 Å². The number of nitrogens with zero attached hydrogens (tertiary/aromatic N) is 3. The molecule has 1 fully saturated rings. The van der Waals surface area contributed by atoms with Crippen LogP contribution in [0.15, 0.2) is 71.8 Å². The van der Waals surface area contributed by atoms with Crippen molar-refractivity contribution in [3.05, 3.63) is 78.0 Å². The lowest BCUT2D eigenvalue weighted by Gasteiger charge is -2.32. The van der Waals surface area contributed by atoms with E-state index in [2.05, 4.69) is 4.98 Å². The van der Waals surface area contributed by atoms with E-state index in [1.807, 2.05) is 42.5 Å². The number of pyridine rings is 1. The summed E-state index contributed by atoms with van der Waals surface area (Å²) < 4.78 is 40.3. The average molecular weight is 548 g/mol. The highest BCUT2D eigenvalue weighted by Crippen LogP contribution is 2.41. The van der Waals surface area contributed by atoms with Crippen LogP contribution in [-0.4, -0.2) is 46.1 Å². The fraction of sp³-hybridized carbons (Fsp3) is 0.333. The van der Waals surface area contributed by atoms with Crippen LogP contribution in [0.2, 0.25) is 0 Å². The van der Waals surface area contributed by atoms with Gasteiger partial charge >= 0.3 is 0 Å². The first kappa shape index (κ1) is 26.7. The number of para-hydroxylation sites is 1. The molecule has 0 unspecified atom stereocenters. The van der Waals surface area contributed by atoms with Gasteiger partial charge in [0.05, 0.1) is 19.9 Å². The number of anilines is 2. The summed E-state index contributed by atoms with van der Waals surface area (Å²) in [5.74, 6) is 0.810. The molecule has 204 valence electrons. The maximum Gasteiger partial charge on any atom is 0.268 e. The Morgan fingerprint density at radius 3 is 2.51 bits per heavy atom. The summed E-state index contributed by atoms with van der Waals surface area (Å²) in [5.41, 5.74) is 2.15. The predicted octanol–water partition coefficient (Wildman–Crippen LogP) is 5.23. The molecule has 2 aliphatic rings. The highest BCUT2D eigenvalue weighted by molar-refractivity contribution is 7.93. The molecule has 1 saturated carbocycles. The Morgan fingerprint density at radius 1 is 1.03 bits per heavy atom. The molecule has 0 atom stereocenters. The van der Waals surface area contributed by atoms with E-state index < -0.39 is 10.0 Å². The van der Waals surface area contributed by atoms with E-state index >= 15 is 0 Å². The van der Waals surface area contributed by atoms with Gasteiger partial charge in [-0.05, 0) is 66.8 Å². The molecule has 2 heterocycles. The predicted molar refractivity (Wildman–Crippen MR) is 152 cm³/mol. The molecule has 1 aliphatic heterocycles. The van der Waals surface area contributed by atoms with Crippen molar-refractivity contribution in [3.8, 4) is 11.5 Å². The van der Waals surface area contributed by atoms with Crippen LogP contribution in [0.4, 0.5) is 11.5 Å². The number of sulfonamides is 1. The first-order valence-electron chi connectivity index (χ1n) is 13.2. The molecule has 0 saturated heterocycles. The molecule has 9 heteroatoms. The van der Waals surface area contributed by atoms with Crippen molar-refractivity contribution < 1.29 is 22.7 Å². The normalized spacial score (nSPS) is 15.8. The van der Waals surface area contributed by atoms with Crippen LogP contribution in [-0.2, 0) is 21.2 Å². The van der Waals surface area contributed by atoms with Gasteiger partial charge in [0.25, 0.3) is 15.9 Å². The van der Waals surface area contributed by atoms with Crippen molar-refractivity contribution in [3.63, 3.8) is 0 Å². The lowest BCUT2D eigenvalue weighted by Crippen LogP contribution is -2.41. The third-order valence-electron chi connectivity index (χ3n) is 7.37. The maximum absolute atomic E-state index is 13.9. The van der Waals surface area contributed by atoms with Crippen molar-refractivity contribution in [1.82, 2.24) is 4.98 Å². The van der Waals surface area contributed by atoms with Crippen LogP contribution in [0, 0.1) is 0 Å². The van der Waals surface area contributed by atoms with E-state index in [1.54, 1.807) is 23.2 Å². The van der Waals surface area contributed by atoms with Gasteiger partial charge in [-0.1, -0.05) is 43.5 Å². The van der Waals surface area contributed by atoms with E-state index in [4.69, 9.17) is 9.47 Å². The lowest BCUT2D eigenvalue weighted by atomic mass is 9.94. The molecule has 0 spiro atoms. The zero-order valence-corrected chi connectivity index (χ0v) is 23.1. The van der Waals surface area contributed by atoms with Crippen LogP contribution in [0.25, 0.3) is 6.08 Å². The molecule has 3 aromatic rings. The third kappa shape index (κ3) is 5.36. The second-order valence-electron chi connectivity index (χ2n) is 9.73. The summed E-state index contributed by atoms with van der Waals surface area (Å²) >= 11 is 0. The fourth-order valence-electron chi connectivity index (χ4n) is 5.48. The van der Waals surface area contributed by atoms with Crippen molar-refractivity contribution >= 4 is 33.5 Å². The summed E-state index contributed by atoms with van der Waals surface area (Å²) in [6.07, 6.45) is 10.6. The summed E-state index contributed by atoms with van der Waals surface area (Å²) in [6, 6.07) is 16.3. The Kier molecular flexibility index (Phi) is 7.88. The number of fused-ring (bicyclic) bond motifs is 1. The van der Waals surface area contributed by atoms with Gasteiger partial charge in [-0.15, -0.1) is 0 Å². The smallest absolute Gasteiger partial charge is 0.268 e. The fourth-order valence-corrected chi connectivity index (χ4v) is 7.19. The first-order chi connectivity index (χ1) is 18.9. The summed E-state index contributed by atoms with van der Waals surface area (Å²) in [4.78, 5) is 19.7. The SMILES string of the molecule is COc1cc(C=CC(=O)N(c2ccccn2)C2CCCCC2)cc(S(=O)(=O)N2CCc3ccccc32)c1OC. The molecule has 1 aromatic heterocycles. The Bertz CT molecular complexity index is 1470. The highest BCUT2D eigenvalue weighted by atomic mass is 32.2. The summed E-state index contributed by atoms with van der Waals surface area (Å²) in [7, 11) is -1.09. The topological polar surface area (TPSA) is 89.0 Å². The van der Waals surface area contributed by atoms with Crippen molar-refractivity contribution in [2.24, 2.45) is 0 Å². The maximum atomic E-state index is 13.9. The molecule has 0 N–H and O–H groups in total. The molecule has 1 aliphatic carbocycles. The standard InChI is InChI=1S/C30H33N3O5S/c1-37-26-20-22(15-16-29(34)33(24-11-4-3-5-12-24)28-14-8-9-18-31-28)21-27(30(26)38-2)39(35,36)32-19-17-23-10-6-7-13-25(23)32/h6-10,13-16,18,20-21,24H,3-5,11-12,17,19H2,1-2H3. The number of benzene rings is 2. The third-order valence-corrected chi connectivity index (χ3v) is 9.19. The Balaban J connectivity index is 1.51. The monoisotopic (exact) mass is 547 g/mol. The van der Waals surface area contributed by atoms with E-state index in [0.29, 0.717) is 30.0 Å². The van der Waals surface area contributed by atoms with Crippen LogP contribution < -0.4 is 18.7 Å². The van der Waals surface area contributed by atoms with Gasteiger partial charge in [-0.2, -0.15) is 0 Å². The van der Waals surface area contributed by atoms with Gasteiger partial charge in [0.15, 0.2) is 11.5 Å². The van der Waals surface area contributed by atoms with Gasteiger partial charge in [-0.25, -0.2) is 13.4 Å². The van der Waals surface area contributed by atoms with Gasteiger partial charge in [0.2, 0.25) is 0 Å². The minimum atomic E-state index is -3.98. The van der Waals surface area contributed by atoms with Gasteiger partial charge in [0, 0.05) is 24.9 Å². The Hall–Kier alpha value is -3.85. The second kappa shape index (κ2) is 11.5. The van der Waals surface area contributed by atoms with Crippen molar-refractivity contribution in [2.45, 2.75) is 49.5 Å². The van der Waals surface area contributed by atoms with E-state index in [-0.39, 0.29) is 28.3 Å². The van der Waals surface area contributed by atoms with Crippen molar-refractivity contribution in [2.75, 3.05) is 30.0 Å². The first-order valence-corrected chi connectivity index (χ1v) is 14.7. The number of carbonyl (C=O) groups excluding carboxylic acids is 1. The molecule has 0 radical (unpaired) electrons. The van der Waals surface area contributed by atoms with E-state index in [0.717, 1.165) is 31.2 Å². The van der Waals surface area contributed by atoms with Crippen molar-refractivity contribution in [1.29, 1.82) is 0 Å². The minimum absolute atomic E-state index is 0.0120. The summed E-state index contributed by atoms with van der Waals surface area (Å²) in [5, 5.41) is 0. The second-order valence-corrected chi connectivity index (χ2v) is 11.6. The number of aromatic nitrogens is 1. The number of rotatable bonds is 8. The highest BCUT2D eigenvalue weighted by Gasteiger charge is 2.34. The zero-order valence-electron chi connectivity index (χ0n) is 22.2. The number of hydrogen-bond acceptors (Lipinski definition) is 6. The number of ether oxygens (including phenoxy) is 2. The number of amides is 1. The molecule has 0 bridgehead atoms. The molecule has 2 aromatic carbocycles. The minimum Gasteiger partial charge on any atom is -0.493 e. The molecule has 8 nitrogen and oxygen atoms in total. The molecule has 1 amide bonds. The van der Waals surface area contributed by atoms with Crippen LogP contribution in [0.1, 0.15) is 43.2 Å². The Morgan fingerprint density at radius 2 is 1.79 bits per heavy atom. The van der Waals surface area contributed by atoms with E-state index in [1.165, 1.54) is 37.1 Å². The van der Waals surface area contributed by atoms with Crippen LogP contribution >= 0.6 is 0 Å². The lowest BCUT2D eigenvalue weighted by molar-refractivity contribution is -0.114. The quantitative estimate of drug-likeness (QED) is 0.359. The van der Waals surface area contributed by atoms with Gasteiger partial charge in [-0.3, -0.25) is 14.0 Å². The van der Waals surface area contributed by atoms with Gasteiger partial charge in [0.1, 0.15) is 10.7 Å². The number of carbonyl (C=O) groups is 1. The number of methoxy groups -OCH3 is 2. The largest absolute Gasteiger partial charge is 0.493 e. The Labute approximate surface area is 229 Å². The van der Waals surface area contributed by atoms with Crippen LogP contribution in [0.5, 0.6) is 11.5 Å². The average Bonchev–Trinajstić information content (AvgIpc) is 3.42. The molecular weight excluding hydrogens is 514 g/mol. The number of hydrogen-bond donors (Lipinski definition) is 0. The zero-order chi connectivity index (χ0) is 27.4. The van der Waals surface area contributed by atoms with E-state index in [9.17, 15) is 13.2 Å².